The number of ether oxygens (including phenoxy) is 1. The van der Waals surface area contributed by atoms with Crippen LogP contribution >= 0.6 is 0 Å². The van der Waals surface area contributed by atoms with Gasteiger partial charge in [0.25, 0.3) is 0 Å². The molecule has 0 fully saturated rings. The molecule has 1 aromatic rings. The summed E-state index contributed by atoms with van der Waals surface area (Å²) >= 11 is 0. The van der Waals surface area contributed by atoms with Crippen molar-refractivity contribution in [3.63, 3.8) is 0 Å². The molecular weight excluding hydrogens is 176 g/mol. The third-order valence-corrected chi connectivity index (χ3v) is 1.63. The average Bonchev–Trinajstić information content (AvgIpc) is 2.03. The van der Waals surface area contributed by atoms with E-state index in [1.165, 1.54) is 6.07 Å². The molecule has 0 saturated heterocycles. The van der Waals surface area contributed by atoms with Crippen molar-refractivity contribution >= 4 is 0 Å². The van der Waals surface area contributed by atoms with Gasteiger partial charge in [0.1, 0.15) is 5.75 Å². The van der Waals surface area contributed by atoms with E-state index in [2.05, 4.69) is 4.74 Å². The molecule has 0 aromatic heterocycles. The number of nitrogens with two attached hydrogens (primary N) is 1. The minimum Gasteiger partial charge on any atom is -0.434 e. The van der Waals surface area contributed by atoms with Crippen LogP contribution in [-0.2, 0) is 0 Å². The Morgan fingerprint density at radius 1 is 1.31 bits per heavy atom. The summed E-state index contributed by atoms with van der Waals surface area (Å²) in [6.45, 7) is -1.09. The van der Waals surface area contributed by atoms with Crippen LogP contribution in [0.5, 0.6) is 5.75 Å². The topological polar surface area (TPSA) is 35.2 Å². The standard InChI is InChI=1S/C9H11F2NO/c1-6(12)7-4-2-3-5-8(7)13-9(10)11/h2-6,9H,12H2,1H3/t6-/m1/s1. The van der Waals surface area contributed by atoms with Crippen molar-refractivity contribution < 1.29 is 13.5 Å². The Balaban J connectivity index is 2.91. The molecule has 0 radical (unpaired) electrons. The van der Waals surface area contributed by atoms with Crippen LogP contribution in [0.4, 0.5) is 8.78 Å². The third-order valence-electron chi connectivity index (χ3n) is 1.63. The number of halogens is 2. The van der Waals surface area contributed by atoms with Crippen molar-refractivity contribution in [2.24, 2.45) is 5.73 Å². The van der Waals surface area contributed by atoms with E-state index in [1.807, 2.05) is 0 Å². The quantitative estimate of drug-likeness (QED) is 0.788. The van der Waals surface area contributed by atoms with Crippen molar-refractivity contribution in [1.82, 2.24) is 0 Å². The Labute approximate surface area is 75.3 Å². The fourth-order valence-corrected chi connectivity index (χ4v) is 1.06. The SMILES string of the molecule is C[C@@H](N)c1ccccc1OC(F)F. The predicted molar refractivity (Wildman–Crippen MR) is 45.7 cm³/mol. The summed E-state index contributed by atoms with van der Waals surface area (Å²) < 4.78 is 28.1. The number of alkyl halides is 2. The molecule has 4 heteroatoms. The third kappa shape index (κ3) is 2.66. The molecule has 72 valence electrons. The first-order chi connectivity index (χ1) is 6.11. The van der Waals surface area contributed by atoms with Gasteiger partial charge in [-0.25, -0.2) is 0 Å². The molecule has 0 saturated carbocycles. The molecule has 0 aliphatic heterocycles. The molecule has 0 unspecified atom stereocenters. The first kappa shape index (κ1) is 9.92. The van der Waals surface area contributed by atoms with E-state index in [4.69, 9.17) is 5.73 Å². The van der Waals surface area contributed by atoms with E-state index in [9.17, 15) is 8.78 Å². The average molecular weight is 187 g/mol. The van der Waals surface area contributed by atoms with Gasteiger partial charge >= 0.3 is 6.61 Å². The first-order valence-corrected chi connectivity index (χ1v) is 3.90. The van der Waals surface area contributed by atoms with Crippen LogP contribution in [0.1, 0.15) is 18.5 Å². The zero-order chi connectivity index (χ0) is 9.84. The van der Waals surface area contributed by atoms with Gasteiger partial charge in [-0.3, -0.25) is 0 Å². The Bertz CT molecular complexity index is 276. The monoisotopic (exact) mass is 187 g/mol. The van der Waals surface area contributed by atoms with Crippen molar-refractivity contribution in [3.05, 3.63) is 29.8 Å². The van der Waals surface area contributed by atoms with Crippen LogP contribution in [0, 0.1) is 0 Å². The van der Waals surface area contributed by atoms with Gasteiger partial charge in [0.15, 0.2) is 0 Å². The van der Waals surface area contributed by atoms with Crippen molar-refractivity contribution in [2.45, 2.75) is 19.6 Å². The zero-order valence-corrected chi connectivity index (χ0v) is 7.21. The fourth-order valence-electron chi connectivity index (χ4n) is 1.06. The summed E-state index contributed by atoms with van der Waals surface area (Å²) in [5.74, 6) is 0.146. The Hall–Kier alpha value is -1.16. The molecule has 0 bridgehead atoms. The molecular formula is C9H11F2NO. The van der Waals surface area contributed by atoms with Crippen molar-refractivity contribution in [1.29, 1.82) is 0 Å². The molecule has 1 rings (SSSR count). The van der Waals surface area contributed by atoms with Crippen LogP contribution < -0.4 is 10.5 Å². The fraction of sp³-hybridized carbons (Fsp3) is 0.333. The molecule has 2 N–H and O–H groups in total. The minimum absolute atomic E-state index is 0.146. The Morgan fingerprint density at radius 3 is 2.46 bits per heavy atom. The number of hydrogen-bond donors (Lipinski definition) is 1. The first-order valence-electron chi connectivity index (χ1n) is 3.90. The number of hydrogen-bond acceptors (Lipinski definition) is 2. The number of benzene rings is 1. The van der Waals surface area contributed by atoms with Gasteiger partial charge in [0.05, 0.1) is 0 Å². The van der Waals surface area contributed by atoms with Gasteiger partial charge in [0, 0.05) is 11.6 Å². The van der Waals surface area contributed by atoms with Crippen LogP contribution in [-0.4, -0.2) is 6.61 Å². The predicted octanol–water partition coefficient (Wildman–Crippen LogP) is 2.31. The summed E-state index contributed by atoms with van der Waals surface area (Å²) in [5, 5.41) is 0. The Morgan fingerprint density at radius 2 is 1.92 bits per heavy atom. The highest BCUT2D eigenvalue weighted by Gasteiger charge is 2.10. The highest BCUT2D eigenvalue weighted by Crippen LogP contribution is 2.24. The van der Waals surface area contributed by atoms with Gasteiger partial charge in [-0.05, 0) is 13.0 Å². The lowest BCUT2D eigenvalue weighted by Gasteiger charge is -2.12. The summed E-state index contributed by atoms with van der Waals surface area (Å²) in [4.78, 5) is 0. The van der Waals surface area contributed by atoms with Gasteiger partial charge in [-0.1, -0.05) is 18.2 Å². The van der Waals surface area contributed by atoms with Gasteiger partial charge in [0.2, 0.25) is 0 Å². The van der Waals surface area contributed by atoms with E-state index in [0.29, 0.717) is 5.56 Å². The molecule has 0 spiro atoms. The second-order valence-electron chi connectivity index (χ2n) is 2.71. The maximum Gasteiger partial charge on any atom is 0.387 e. The maximum absolute atomic E-state index is 11.9. The van der Waals surface area contributed by atoms with E-state index >= 15 is 0 Å². The molecule has 13 heavy (non-hydrogen) atoms. The van der Waals surface area contributed by atoms with Crippen LogP contribution in [0.15, 0.2) is 24.3 Å². The highest BCUT2D eigenvalue weighted by molar-refractivity contribution is 5.35. The largest absolute Gasteiger partial charge is 0.434 e. The van der Waals surface area contributed by atoms with Gasteiger partial charge in [-0.15, -0.1) is 0 Å². The van der Waals surface area contributed by atoms with Crippen LogP contribution in [0.3, 0.4) is 0 Å². The second-order valence-corrected chi connectivity index (χ2v) is 2.71. The molecule has 0 aliphatic carbocycles. The number of para-hydroxylation sites is 1. The van der Waals surface area contributed by atoms with Gasteiger partial charge in [-0.2, -0.15) is 8.78 Å². The van der Waals surface area contributed by atoms with Gasteiger partial charge < -0.3 is 10.5 Å². The number of rotatable bonds is 3. The Kier molecular flexibility index (Phi) is 3.19. The second kappa shape index (κ2) is 4.18. The van der Waals surface area contributed by atoms with E-state index in [-0.39, 0.29) is 11.8 Å². The normalized spacial score (nSPS) is 13.0. The lowest BCUT2D eigenvalue weighted by Crippen LogP contribution is -2.10. The summed E-state index contributed by atoms with van der Waals surface area (Å²) in [6.07, 6.45) is 0. The van der Waals surface area contributed by atoms with Crippen LogP contribution in [0.25, 0.3) is 0 Å². The molecule has 0 heterocycles. The zero-order valence-electron chi connectivity index (χ0n) is 7.21. The molecule has 0 aliphatic rings. The lowest BCUT2D eigenvalue weighted by atomic mass is 10.1. The molecule has 1 aromatic carbocycles. The smallest absolute Gasteiger partial charge is 0.387 e. The highest BCUT2D eigenvalue weighted by atomic mass is 19.3. The summed E-state index contributed by atoms with van der Waals surface area (Å²) in [7, 11) is 0. The van der Waals surface area contributed by atoms with Crippen LogP contribution in [0.2, 0.25) is 0 Å². The summed E-state index contributed by atoms with van der Waals surface area (Å²) in [6, 6.07) is 6.20. The minimum atomic E-state index is -2.81. The molecule has 1 atom stereocenters. The van der Waals surface area contributed by atoms with E-state index in [1.54, 1.807) is 25.1 Å². The van der Waals surface area contributed by atoms with Crippen molar-refractivity contribution in [3.8, 4) is 5.75 Å². The summed E-state index contributed by atoms with van der Waals surface area (Å²) in [5.41, 5.74) is 6.15. The van der Waals surface area contributed by atoms with E-state index < -0.39 is 6.61 Å². The molecule has 2 nitrogen and oxygen atoms in total. The van der Waals surface area contributed by atoms with E-state index in [0.717, 1.165) is 0 Å². The molecule has 0 amide bonds. The lowest BCUT2D eigenvalue weighted by molar-refractivity contribution is -0.0505. The maximum atomic E-state index is 11.9. The van der Waals surface area contributed by atoms with Crippen molar-refractivity contribution in [2.75, 3.05) is 0 Å².